The molecular formula is C13H11NO4S. The van der Waals surface area contributed by atoms with Crippen LogP contribution in [-0.4, -0.2) is 36.2 Å². The Balaban J connectivity index is 2.15. The maximum absolute atomic E-state index is 11.5. The summed E-state index contributed by atoms with van der Waals surface area (Å²) in [5.74, 6) is 2.23. The summed E-state index contributed by atoms with van der Waals surface area (Å²) < 4.78 is 4.59. The second-order valence-corrected chi connectivity index (χ2v) is 4.98. The molecule has 1 aliphatic rings. The summed E-state index contributed by atoms with van der Waals surface area (Å²) in [7, 11) is 1.31. The van der Waals surface area contributed by atoms with Gasteiger partial charge in [-0.2, -0.15) is 0 Å². The van der Waals surface area contributed by atoms with E-state index in [1.807, 2.05) is 0 Å². The molecule has 0 radical (unpaired) electrons. The van der Waals surface area contributed by atoms with Crippen LogP contribution in [0.1, 0.15) is 27.4 Å². The molecule has 2 heterocycles. The number of rotatable bonds is 2. The Labute approximate surface area is 114 Å². The molecular weight excluding hydrogens is 266 g/mol. The van der Waals surface area contributed by atoms with Crippen LogP contribution in [0.5, 0.6) is 0 Å². The molecule has 0 N–H and O–H groups in total. The predicted molar refractivity (Wildman–Crippen MR) is 68.5 cm³/mol. The summed E-state index contributed by atoms with van der Waals surface area (Å²) >= 11 is 1.18. The van der Waals surface area contributed by atoms with Crippen molar-refractivity contribution >= 4 is 29.5 Å². The van der Waals surface area contributed by atoms with E-state index in [1.54, 1.807) is 12.1 Å². The van der Waals surface area contributed by atoms with E-state index in [9.17, 15) is 14.4 Å². The number of esters is 1. The average molecular weight is 277 g/mol. The molecule has 1 aromatic rings. The first-order valence-corrected chi connectivity index (χ1v) is 6.44. The SMILES string of the molecule is COC(=O)c1ccc(C#CN2C(=O)CCC2C=O)s1. The summed E-state index contributed by atoms with van der Waals surface area (Å²) in [6, 6.07) is 5.52. The van der Waals surface area contributed by atoms with Crippen molar-refractivity contribution < 1.29 is 19.1 Å². The molecule has 1 unspecified atom stereocenters. The maximum Gasteiger partial charge on any atom is 0.348 e. The van der Waals surface area contributed by atoms with E-state index >= 15 is 0 Å². The highest BCUT2D eigenvalue weighted by Crippen LogP contribution is 2.18. The Morgan fingerprint density at radius 3 is 3.05 bits per heavy atom. The zero-order valence-corrected chi connectivity index (χ0v) is 11.0. The number of hydrogen-bond acceptors (Lipinski definition) is 5. The Kier molecular flexibility index (Phi) is 3.97. The number of methoxy groups -OCH3 is 1. The lowest BCUT2D eigenvalue weighted by Crippen LogP contribution is -2.29. The number of amides is 1. The first-order valence-electron chi connectivity index (χ1n) is 5.63. The van der Waals surface area contributed by atoms with Crippen molar-refractivity contribution in [3.8, 4) is 12.0 Å². The number of thiophene rings is 1. The fourth-order valence-corrected chi connectivity index (χ4v) is 2.48. The highest BCUT2D eigenvalue weighted by atomic mass is 32.1. The fraction of sp³-hybridized carbons (Fsp3) is 0.308. The molecule has 1 aliphatic heterocycles. The van der Waals surface area contributed by atoms with Crippen LogP contribution in [0.3, 0.4) is 0 Å². The number of carbonyl (C=O) groups excluding carboxylic acids is 3. The van der Waals surface area contributed by atoms with E-state index in [2.05, 4.69) is 16.7 Å². The van der Waals surface area contributed by atoms with Gasteiger partial charge < -0.3 is 9.53 Å². The molecule has 1 aromatic heterocycles. The quantitative estimate of drug-likeness (QED) is 0.460. The number of ether oxygens (including phenoxy) is 1. The molecule has 5 nitrogen and oxygen atoms in total. The Morgan fingerprint density at radius 2 is 2.37 bits per heavy atom. The zero-order valence-electron chi connectivity index (χ0n) is 10.2. The lowest BCUT2D eigenvalue weighted by molar-refractivity contribution is -0.127. The van der Waals surface area contributed by atoms with E-state index in [-0.39, 0.29) is 5.91 Å². The van der Waals surface area contributed by atoms with E-state index in [4.69, 9.17) is 0 Å². The van der Waals surface area contributed by atoms with Gasteiger partial charge in [0.1, 0.15) is 17.2 Å². The standard InChI is InChI=1S/C13H11NO4S/c1-18-13(17)11-4-3-10(19-11)6-7-14-9(8-15)2-5-12(14)16/h3-4,8-9H,2,5H2,1H3. The Morgan fingerprint density at radius 1 is 1.58 bits per heavy atom. The van der Waals surface area contributed by atoms with E-state index in [0.717, 1.165) is 6.29 Å². The van der Waals surface area contributed by atoms with Gasteiger partial charge in [0.25, 0.3) is 0 Å². The van der Waals surface area contributed by atoms with Crippen molar-refractivity contribution in [1.29, 1.82) is 0 Å². The van der Waals surface area contributed by atoms with Crippen LogP contribution in [0.15, 0.2) is 12.1 Å². The molecule has 0 aliphatic carbocycles. The van der Waals surface area contributed by atoms with Crippen molar-refractivity contribution in [2.75, 3.05) is 7.11 Å². The maximum atomic E-state index is 11.5. The minimum Gasteiger partial charge on any atom is -0.465 e. The lowest BCUT2D eigenvalue weighted by atomic mass is 10.2. The number of nitrogens with zero attached hydrogens (tertiary/aromatic N) is 1. The zero-order chi connectivity index (χ0) is 13.8. The minimum atomic E-state index is -0.458. The van der Waals surface area contributed by atoms with Gasteiger partial charge in [0.15, 0.2) is 0 Å². The fourth-order valence-electron chi connectivity index (χ4n) is 1.71. The molecule has 2 rings (SSSR count). The molecule has 1 amide bonds. The van der Waals surface area contributed by atoms with Crippen molar-refractivity contribution in [1.82, 2.24) is 4.90 Å². The lowest BCUT2D eigenvalue weighted by Gasteiger charge is -2.10. The molecule has 6 heteroatoms. The van der Waals surface area contributed by atoms with Crippen LogP contribution in [-0.2, 0) is 14.3 Å². The Hall–Kier alpha value is -2.13. The van der Waals surface area contributed by atoms with Gasteiger partial charge in [-0.3, -0.25) is 9.69 Å². The first kappa shape index (κ1) is 13.3. The first-order chi connectivity index (χ1) is 9.15. The molecule has 98 valence electrons. The smallest absolute Gasteiger partial charge is 0.348 e. The van der Waals surface area contributed by atoms with Gasteiger partial charge in [-0.05, 0) is 24.5 Å². The van der Waals surface area contributed by atoms with Gasteiger partial charge in [0, 0.05) is 12.5 Å². The summed E-state index contributed by atoms with van der Waals surface area (Å²) in [5.41, 5.74) is 0. The van der Waals surface area contributed by atoms with Crippen LogP contribution in [0.25, 0.3) is 0 Å². The molecule has 0 aromatic carbocycles. The highest BCUT2D eigenvalue weighted by molar-refractivity contribution is 7.14. The molecule has 0 saturated carbocycles. The van der Waals surface area contributed by atoms with Crippen molar-refractivity contribution in [2.24, 2.45) is 0 Å². The topological polar surface area (TPSA) is 63.7 Å². The molecule has 1 atom stereocenters. The summed E-state index contributed by atoms with van der Waals surface area (Å²) in [6.45, 7) is 0. The summed E-state index contributed by atoms with van der Waals surface area (Å²) in [6.07, 6.45) is 1.58. The van der Waals surface area contributed by atoms with Crippen molar-refractivity contribution in [2.45, 2.75) is 18.9 Å². The average Bonchev–Trinajstić information content (AvgIpc) is 3.02. The third kappa shape index (κ3) is 2.83. The third-order valence-electron chi connectivity index (χ3n) is 2.70. The second kappa shape index (κ2) is 5.67. The summed E-state index contributed by atoms with van der Waals surface area (Å²) in [5, 5.41) is 0. The molecule has 0 spiro atoms. The van der Waals surface area contributed by atoms with Crippen LogP contribution < -0.4 is 0 Å². The highest BCUT2D eigenvalue weighted by Gasteiger charge is 2.29. The van der Waals surface area contributed by atoms with Crippen LogP contribution in [0.4, 0.5) is 0 Å². The van der Waals surface area contributed by atoms with Gasteiger partial charge in [0.2, 0.25) is 5.91 Å². The van der Waals surface area contributed by atoms with Crippen LogP contribution in [0.2, 0.25) is 0 Å². The van der Waals surface area contributed by atoms with Gasteiger partial charge in [0.05, 0.1) is 12.0 Å². The van der Waals surface area contributed by atoms with E-state index in [0.29, 0.717) is 22.6 Å². The molecule has 1 saturated heterocycles. The molecule has 19 heavy (non-hydrogen) atoms. The normalized spacial score (nSPS) is 17.8. The third-order valence-corrected chi connectivity index (χ3v) is 3.68. The number of carbonyl (C=O) groups is 3. The van der Waals surface area contributed by atoms with Crippen LogP contribution in [0, 0.1) is 12.0 Å². The van der Waals surface area contributed by atoms with Crippen LogP contribution >= 0.6 is 11.3 Å². The number of aldehydes is 1. The largest absolute Gasteiger partial charge is 0.465 e. The minimum absolute atomic E-state index is 0.144. The van der Waals surface area contributed by atoms with Gasteiger partial charge >= 0.3 is 5.97 Å². The molecule has 0 bridgehead atoms. The van der Waals surface area contributed by atoms with Gasteiger partial charge in [-0.25, -0.2) is 4.79 Å². The van der Waals surface area contributed by atoms with Gasteiger partial charge in [-0.1, -0.05) is 0 Å². The monoisotopic (exact) mass is 277 g/mol. The predicted octanol–water partition coefficient (Wildman–Crippen LogP) is 1.03. The number of likely N-dealkylation sites (tertiary alicyclic amines) is 1. The Bertz CT molecular complexity index is 581. The summed E-state index contributed by atoms with van der Waals surface area (Å²) in [4.78, 5) is 35.9. The van der Waals surface area contributed by atoms with E-state index in [1.165, 1.54) is 23.3 Å². The van der Waals surface area contributed by atoms with E-state index < -0.39 is 12.0 Å². The molecule has 1 fully saturated rings. The van der Waals surface area contributed by atoms with Crippen molar-refractivity contribution in [3.05, 3.63) is 21.9 Å². The second-order valence-electron chi connectivity index (χ2n) is 3.90. The number of hydrogen-bond donors (Lipinski definition) is 0. The van der Waals surface area contributed by atoms with Gasteiger partial charge in [-0.15, -0.1) is 11.3 Å². The van der Waals surface area contributed by atoms with Crippen molar-refractivity contribution in [3.63, 3.8) is 0 Å².